The normalized spacial score (nSPS) is 10.1. The summed E-state index contributed by atoms with van der Waals surface area (Å²) in [5.74, 6) is 0. The van der Waals surface area contributed by atoms with Crippen LogP contribution in [0.5, 0.6) is 0 Å². The Bertz CT molecular complexity index is 502. The molecular formula is C11H7BrS2. The van der Waals surface area contributed by atoms with Crippen LogP contribution in [0, 0.1) is 3.82 Å². The fourth-order valence-corrected chi connectivity index (χ4v) is 2.69. The zero-order valence-electron chi connectivity index (χ0n) is 7.24. The van der Waals surface area contributed by atoms with E-state index in [1.54, 1.807) is 11.3 Å². The summed E-state index contributed by atoms with van der Waals surface area (Å²) < 4.78 is 2.01. The zero-order chi connectivity index (χ0) is 9.97. The molecular weight excluding hydrogens is 276 g/mol. The third-order valence-corrected chi connectivity index (χ3v) is 3.61. The Morgan fingerprint density at radius 2 is 1.86 bits per heavy atom. The van der Waals surface area contributed by atoms with E-state index in [1.165, 1.54) is 10.4 Å². The fourth-order valence-electron chi connectivity index (χ4n) is 1.19. The first-order valence-corrected chi connectivity index (χ1v) is 6.13. The van der Waals surface area contributed by atoms with Gasteiger partial charge in [0.05, 0.1) is 3.82 Å². The van der Waals surface area contributed by atoms with Crippen LogP contribution < -0.4 is 0 Å². The molecule has 0 fully saturated rings. The molecule has 0 aliphatic rings. The largest absolute Gasteiger partial charge is 0.124 e. The predicted octanol–water partition coefficient (Wildman–Crippen LogP) is 4.91. The summed E-state index contributed by atoms with van der Waals surface area (Å²) in [5, 5.41) is 0. The molecule has 1 heterocycles. The van der Waals surface area contributed by atoms with Crippen LogP contribution in [0.15, 0.2) is 46.9 Å². The lowest BCUT2D eigenvalue weighted by Gasteiger charge is -2.00. The summed E-state index contributed by atoms with van der Waals surface area (Å²) >= 11 is 10.2. The number of benzene rings is 1. The average molecular weight is 283 g/mol. The molecule has 70 valence electrons. The zero-order valence-corrected chi connectivity index (χ0v) is 10.5. The van der Waals surface area contributed by atoms with E-state index in [1.807, 2.05) is 24.3 Å². The predicted molar refractivity (Wildman–Crippen MR) is 68.3 cm³/mol. The van der Waals surface area contributed by atoms with Crippen LogP contribution >= 0.6 is 39.5 Å². The Hall–Kier alpha value is -0.510. The maximum absolute atomic E-state index is 5.14. The molecule has 0 aliphatic heterocycles. The summed E-state index contributed by atoms with van der Waals surface area (Å²) in [4.78, 5) is 1.21. The van der Waals surface area contributed by atoms with Crippen molar-refractivity contribution in [2.24, 2.45) is 0 Å². The molecule has 0 N–H and O–H groups in total. The van der Waals surface area contributed by atoms with Gasteiger partial charge in [-0.15, -0.1) is 11.3 Å². The second-order valence-corrected chi connectivity index (χ2v) is 5.52. The molecule has 0 amide bonds. The van der Waals surface area contributed by atoms with E-state index in [0.29, 0.717) is 0 Å². The quantitative estimate of drug-likeness (QED) is 0.670. The highest BCUT2D eigenvalue weighted by atomic mass is 79.9. The van der Waals surface area contributed by atoms with Gasteiger partial charge in [0.1, 0.15) is 0 Å². The van der Waals surface area contributed by atoms with Crippen molar-refractivity contribution in [2.45, 2.75) is 0 Å². The van der Waals surface area contributed by atoms with Gasteiger partial charge in [0, 0.05) is 9.35 Å². The molecule has 1 aromatic heterocycles. The highest BCUT2D eigenvalue weighted by Gasteiger charge is 1.97. The summed E-state index contributed by atoms with van der Waals surface area (Å²) in [6.07, 6.45) is 0. The van der Waals surface area contributed by atoms with E-state index < -0.39 is 0 Å². The lowest BCUT2D eigenvalue weighted by molar-refractivity contribution is 1.64. The van der Waals surface area contributed by atoms with E-state index in [0.717, 1.165) is 8.30 Å². The summed E-state index contributed by atoms with van der Waals surface area (Å²) in [6, 6.07) is 14.3. The first-order valence-electron chi connectivity index (χ1n) is 4.12. The Labute approximate surface area is 100 Å². The Morgan fingerprint density at radius 3 is 2.57 bits per heavy atom. The second kappa shape index (κ2) is 4.34. The first-order chi connectivity index (χ1) is 6.75. The van der Waals surface area contributed by atoms with Crippen molar-refractivity contribution in [3.05, 3.63) is 50.8 Å². The molecule has 0 unspecified atom stereocenters. The van der Waals surface area contributed by atoms with Crippen LogP contribution in [0.4, 0.5) is 0 Å². The topological polar surface area (TPSA) is 0 Å². The minimum atomic E-state index is 0.919. The SMILES string of the molecule is S=c1cccc(-c2cccc(Br)c2)s1. The maximum Gasteiger partial charge on any atom is 0.0905 e. The number of hydrogen-bond acceptors (Lipinski definition) is 2. The van der Waals surface area contributed by atoms with Crippen molar-refractivity contribution >= 4 is 39.5 Å². The summed E-state index contributed by atoms with van der Waals surface area (Å²) in [7, 11) is 0. The fraction of sp³-hybridized carbons (Fsp3) is 0. The number of halogens is 1. The van der Waals surface area contributed by atoms with Crippen LogP contribution in [0.25, 0.3) is 10.4 Å². The molecule has 0 aliphatic carbocycles. The van der Waals surface area contributed by atoms with Gasteiger partial charge in [-0.2, -0.15) is 0 Å². The van der Waals surface area contributed by atoms with Gasteiger partial charge < -0.3 is 0 Å². The molecule has 14 heavy (non-hydrogen) atoms. The van der Waals surface area contributed by atoms with Crippen molar-refractivity contribution in [1.82, 2.24) is 0 Å². The van der Waals surface area contributed by atoms with Crippen molar-refractivity contribution in [3.63, 3.8) is 0 Å². The highest BCUT2D eigenvalue weighted by molar-refractivity contribution is 9.10. The standard InChI is InChI=1S/C11H7BrS2/c12-9-4-1-3-8(7-9)10-5-2-6-11(13)14-10/h1-7H. The highest BCUT2D eigenvalue weighted by Crippen LogP contribution is 2.26. The molecule has 0 bridgehead atoms. The molecule has 2 rings (SSSR count). The van der Waals surface area contributed by atoms with Gasteiger partial charge in [-0.25, -0.2) is 0 Å². The molecule has 0 nitrogen and oxygen atoms in total. The smallest absolute Gasteiger partial charge is 0.0905 e. The minimum absolute atomic E-state index is 0.919. The molecule has 1 aromatic carbocycles. The molecule has 0 atom stereocenters. The van der Waals surface area contributed by atoms with E-state index in [2.05, 4.69) is 34.1 Å². The minimum Gasteiger partial charge on any atom is -0.124 e. The third-order valence-electron chi connectivity index (χ3n) is 1.80. The van der Waals surface area contributed by atoms with Crippen LogP contribution in [0.1, 0.15) is 0 Å². The van der Waals surface area contributed by atoms with E-state index >= 15 is 0 Å². The average Bonchev–Trinajstić information content (AvgIpc) is 2.18. The molecule has 3 heteroatoms. The molecule has 0 spiro atoms. The van der Waals surface area contributed by atoms with E-state index in [4.69, 9.17) is 12.2 Å². The summed E-state index contributed by atoms with van der Waals surface area (Å²) in [6.45, 7) is 0. The van der Waals surface area contributed by atoms with E-state index in [-0.39, 0.29) is 0 Å². The van der Waals surface area contributed by atoms with Crippen molar-refractivity contribution in [1.29, 1.82) is 0 Å². The van der Waals surface area contributed by atoms with Gasteiger partial charge in [-0.3, -0.25) is 0 Å². The van der Waals surface area contributed by atoms with Crippen LogP contribution in [-0.4, -0.2) is 0 Å². The Balaban J connectivity index is 2.55. The Morgan fingerprint density at radius 1 is 1.07 bits per heavy atom. The third kappa shape index (κ3) is 2.29. The van der Waals surface area contributed by atoms with Crippen molar-refractivity contribution < 1.29 is 0 Å². The van der Waals surface area contributed by atoms with Crippen LogP contribution in [0.3, 0.4) is 0 Å². The van der Waals surface area contributed by atoms with E-state index in [9.17, 15) is 0 Å². The van der Waals surface area contributed by atoms with Gasteiger partial charge in [0.2, 0.25) is 0 Å². The van der Waals surface area contributed by atoms with Gasteiger partial charge in [0.15, 0.2) is 0 Å². The van der Waals surface area contributed by atoms with Crippen LogP contribution in [-0.2, 0) is 0 Å². The number of hydrogen-bond donors (Lipinski definition) is 0. The Kier molecular flexibility index (Phi) is 3.11. The summed E-state index contributed by atoms with van der Waals surface area (Å²) in [5.41, 5.74) is 1.20. The molecule has 0 radical (unpaired) electrons. The number of rotatable bonds is 1. The second-order valence-electron chi connectivity index (χ2n) is 2.82. The molecule has 2 aromatic rings. The first kappa shape index (κ1) is 10.0. The van der Waals surface area contributed by atoms with Gasteiger partial charge in [-0.1, -0.05) is 46.3 Å². The van der Waals surface area contributed by atoms with Gasteiger partial charge in [-0.05, 0) is 29.8 Å². The monoisotopic (exact) mass is 282 g/mol. The van der Waals surface area contributed by atoms with Crippen LogP contribution in [0.2, 0.25) is 0 Å². The van der Waals surface area contributed by atoms with Crippen molar-refractivity contribution in [3.8, 4) is 10.4 Å². The van der Waals surface area contributed by atoms with Gasteiger partial charge in [0.25, 0.3) is 0 Å². The molecule has 0 saturated carbocycles. The van der Waals surface area contributed by atoms with Gasteiger partial charge >= 0.3 is 0 Å². The maximum atomic E-state index is 5.14. The molecule has 0 saturated heterocycles. The lowest BCUT2D eigenvalue weighted by atomic mass is 10.2. The van der Waals surface area contributed by atoms with Crippen molar-refractivity contribution in [2.75, 3.05) is 0 Å². The lowest BCUT2D eigenvalue weighted by Crippen LogP contribution is -1.73.